The van der Waals surface area contributed by atoms with Crippen LogP contribution in [0.4, 0.5) is 0 Å². The van der Waals surface area contributed by atoms with Crippen molar-refractivity contribution in [2.24, 2.45) is 7.05 Å². The Kier molecular flexibility index (Phi) is 6.45. The zero-order valence-electron chi connectivity index (χ0n) is 17.6. The summed E-state index contributed by atoms with van der Waals surface area (Å²) in [7, 11) is 1.56. The molecule has 0 fully saturated rings. The largest absolute Gasteiger partial charge is 0.457 e. The van der Waals surface area contributed by atoms with Gasteiger partial charge in [0.05, 0.1) is 6.54 Å². The Labute approximate surface area is 192 Å². The molecule has 0 aliphatic carbocycles. The number of halogens is 1. The average Bonchev–Trinajstić information content (AvgIpc) is 3.36. The van der Waals surface area contributed by atoms with Gasteiger partial charge >= 0.3 is 5.69 Å². The summed E-state index contributed by atoms with van der Waals surface area (Å²) in [5, 5.41) is 10.6. The monoisotopic (exact) mass is 475 g/mol. The van der Waals surface area contributed by atoms with Gasteiger partial charge in [0.25, 0.3) is 11.6 Å². The fourth-order valence-electron chi connectivity index (χ4n) is 3.40. The van der Waals surface area contributed by atoms with Crippen molar-refractivity contribution in [2.45, 2.75) is 33.0 Å². The molecule has 3 heterocycles. The fourth-order valence-corrected chi connectivity index (χ4v) is 4.23. The first kappa shape index (κ1) is 22.3. The third-order valence-electron chi connectivity index (χ3n) is 4.99. The minimum absolute atomic E-state index is 0.110. The molecule has 1 N–H and O–H groups in total. The summed E-state index contributed by atoms with van der Waals surface area (Å²) in [5.41, 5.74) is 0.413. The van der Waals surface area contributed by atoms with E-state index in [1.807, 2.05) is 19.1 Å². The Balaban J connectivity index is 1.85. The van der Waals surface area contributed by atoms with Gasteiger partial charge in [0.1, 0.15) is 11.6 Å². The van der Waals surface area contributed by atoms with Gasteiger partial charge in [-0.2, -0.15) is 4.98 Å². The van der Waals surface area contributed by atoms with Crippen molar-refractivity contribution in [3.05, 3.63) is 71.8 Å². The molecule has 0 atom stereocenters. The summed E-state index contributed by atoms with van der Waals surface area (Å²) >= 11 is 7.52. The van der Waals surface area contributed by atoms with E-state index in [9.17, 15) is 14.7 Å². The molecule has 4 rings (SSSR count). The Morgan fingerprint density at radius 3 is 2.59 bits per heavy atom. The third-order valence-corrected chi connectivity index (χ3v) is 6.12. The van der Waals surface area contributed by atoms with Crippen LogP contribution in [0.25, 0.3) is 11.2 Å². The van der Waals surface area contributed by atoms with Crippen LogP contribution in [0.1, 0.15) is 21.9 Å². The number of aromatic nitrogens is 5. The van der Waals surface area contributed by atoms with Crippen molar-refractivity contribution < 1.29 is 9.84 Å². The number of fused-ring (bicyclic) bond motifs is 1. The number of aliphatic hydroxyl groups excluding tert-OH is 1. The number of nitrogens with zero attached hydrogens (tertiary/aromatic N) is 5. The molecule has 0 radical (unpaired) electrons. The number of hydrogen-bond acceptors (Lipinski definition) is 7. The second-order valence-corrected chi connectivity index (χ2v) is 9.06. The van der Waals surface area contributed by atoms with E-state index in [4.69, 9.17) is 16.3 Å². The minimum atomic E-state index is -0.491. The number of hydrogen-bond donors (Lipinski definition) is 1. The predicted octanol–water partition coefficient (Wildman–Crippen LogP) is 2.32. The number of aryl methyl sites for hydroxylation is 2. The van der Waals surface area contributed by atoms with Gasteiger partial charge in [0, 0.05) is 36.3 Å². The molecule has 11 heteroatoms. The van der Waals surface area contributed by atoms with Gasteiger partial charge < -0.3 is 9.84 Å². The minimum Gasteiger partial charge on any atom is -0.457 e. The van der Waals surface area contributed by atoms with Crippen LogP contribution in [-0.4, -0.2) is 35.4 Å². The molecule has 0 aliphatic heterocycles. The van der Waals surface area contributed by atoms with E-state index in [2.05, 4.69) is 9.97 Å². The topological polar surface area (TPSA) is 104 Å². The number of rotatable bonds is 8. The van der Waals surface area contributed by atoms with E-state index in [-0.39, 0.29) is 36.9 Å². The Bertz CT molecular complexity index is 1370. The van der Waals surface area contributed by atoms with Crippen molar-refractivity contribution in [3.63, 3.8) is 0 Å². The summed E-state index contributed by atoms with van der Waals surface area (Å²) in [6, 6.07) is 7.46. The summed E-state index contributed by atoms with van der Waals surface area (Å²) in [4.78, 5) is 35.9. The first-order chi connectivity index (χ1) is 15.4. The smallest absolute Gasteiger partial charge is 0.332 e. The van der Waals surface area contributed by atoms with Crippen LogP contribution in [0.15, 0.2) is 40.1 Å². The number of thiazole rings is 1. The summed E-state index contributed by atoms with van der Waals surface area (Å²) in [6.45, 7) is 2.43. The lowest BCUT2D eigenvalue weighted by molar-refractivity contribution is 0.270. The molecular formula is C21H22ClN5O4S. The van der Waals surface area contributed by atoms with Crippen molar-refractivity contribution in [1.29, 1.82) is 0 Å². The van der Waals surface area contributed by atoms with E-state index < -0.39 is 11.2 Å². The van der Waals surface area contributed by atoms with Gasteiger partial charge in [-0.15, -0.1) is 11.3 Å². The zero-order chi connectivity index (χ0) is 22.8. The van der Waals surface area contributed by atoms with Crippen molar-refractivity contribution >= 4 is 34.1 Å². The molecule has 0 aliphatic rings. The van der Waals surface area contributed by atoms with Gasteiger partial charge in [0.2, 0.25) is 0 Å². The summed E-state index contributed by atoms with van der Waals surface area (Å²) in [5.74, 6) is 0. The molecule has 0 bridgehead atoms. The van der Waals surface area contributed by atoms with E-state index >= 15 is 0 Å². The lowest BCUT2D eigenvalue weighted by Crippen LogP contribution is -2.39. The SMILES string of the molecule is Cc1cnc(COc2nc3c(c(=O)n(CCCO)c(=O)n3C)n2Cc2ccc(Cl)cc2)s1. The van der Waals surface area contributed by atoms with Gasteiger partial charge in [-0.05, 0) is 31.0 Å². The molecule has 3 aromatic heterocycles. The highest BCUT2D eigenvalue weighted by Gasteiger charge is 2.21. The Morgan fingerprint density at radius 1 is 1.19 bits per heavy atom. The lowest BCUT2D eigenvalue weighted by atomic mass is 10.2. The fraction of sp³-hybridized carbons (Fsp3) is 0.333. The van der Waals surface area contributed by atoms with Gasteiger partial charge in [0.15, 0.2) is 11.2 Å². The van der Waals surface area contributed by atoms with E-state index in [0.717, 1.165) is 20.0 Å². The first-order valence-corrected chi connectivity index (χ1v) is 11.2. The third kappa shape index (κ3) is 4.34. The average molecular weight is 476 g/mol. The molecule has 4 aromatic rings. The van der Waals surface area contributed by atoms with E-state index in [1.54, 1.807) is 29.9 Å². The molecule has 9 nitrogen and oxygen atoms in total. The maximum absolute atomic E-state index is 13.3. The molecule has 1 aromatic carbocycles. The van der Waals surface area contributed by atoms with Crippen molar-refractivity contribution in [2.75, 3.05) is 6.61 Å². The van der Waals surface area contributed by atoms with Gasteiger partial charge in [-0.3, -0.25) is 18.5 Å². The Morgan fingerprint density at radius 2 is 1.94 bits per heavy atom. The molecule has 0 spiro atoms. The quantitative estimate of drug-likeness (QED) is 0.419. The second kappa shape index (κ2) is 9.27. The lowest BCUT2D eigenvalue weighted by Gasteiger charge is -2.11. The maximum Gasteiger partial charge on any atom is 0.332 e. The molecule has 0 unspecified atom stereocenters. The number of imidazole rings is 1. The Hall–Kier alpha value is -2.95. The zero-order valence-corrected chi connectivity index (χ0v) is 19.2. The highest BCUT2D eigenvalue weighted by Crippen LogP contribution is 2.22. The van der Waals surface area contributed by atoms with Crippen molar-refractivity contribution in [1.82, 2.24) is 23.7 Å². The molecule has 0 saturated heterocycles. The van der Waals surface area contributed by atoms with E-state index in [1.165, 1.54) is 15.9 Å². The standard InChI is InChI=1S/C21H22ClN5O4S/c1-13-10-23-16(32-13)12-31-20-24-18-17(27(20)11-14-4-6-15(22)7-5-14)19(29)26(8-3-9-28)21(30)25(18)2/h4-7,10,28H,3,8-9,11-12H2,1-2H3. The summed E-state index contributed by atoms with van der Waals surface area (Å²) < 4.78 is 10.1. The van der Waals surface area contributed by atoms with Gasteiger partial charge in [-0.1, -0.05) is 23.7 Å². The molecular weight excluding hydrogens is 454 g/mol. The number of benzene rings is 1. The molecule has 32 heavy (non-hydrogen) atoms. The number of aliphatic hydroxyl groups is 1. The van der Waals surface area contributed by atoms with Crippen LogP contribution in [0, 0.1) is 6.92 Å². The van der Waals surface area contributed by atoms with Crippen LogP contribution in [-0.2, 0) is 26.7 Å². The highest BCUT2D eigenvalue weighted by molar-refractivity contribution is 7.11. The molecule has 0 saturated carbocycles. The van der Waals surface area contributed by atoms with Crippen LogP contribution in [0.5, 0.6) is 6.01 Å². The van der Waals surface area contributed by atoms with Crippen LogP contribution in [0.3, 0.4) is 0 Å². The van der Waals surface area contributed by atoms with Crippen LogP contribution in [0.2, 0.25) is 5.02 Å². The van der Waals surface area contributed by atoms with E-state index in [0.29, 0.717) is 18.0 Å². The molecule has 168 valence electrons. The maximum atomic E-state index is 13.3. The molecule has 0 amide bonds. The normalized spacial score (nSPS) is 11.4. The first-order valence-electron chi connectivity index (χ1n) is 9.98. The predicted molar refractivity (Wildman–Crippen MR) is 123 cm³/mol. The van der Waals surface area contributed by atoms with Gasteiger partial charge in [-0.25, -0.2) is 9.78 Å². The highest BCUT2D eigenvalue weighted by atomic mass is 35.5. The number of ether oxygens (including phenoxy) is 1. The van der Waals surface area contributed by atoms with Crippen molar-refractivity contribution in [3.8, 4) is 6.01 Å². The van der Waals surface area contributed by atoms with Crippen LogP contribution < -0.4 is 16.0 Å². The second-order valence-electron chi connectivity index (χ2n) is 7.31. The summed E-state index contributed by atoms with van der Waals surface area (Å²) in [6.07, 6.45) is 2.06. The van der Waals surface area contributed by atoms with Crippen LogP contribution >= 0.6 is 22.9 Å².